The van der Waals surface area contributed by atoms with E-state index in [0.717, 1.165) is 28.7 Å². The molecule has 0 unspecified atom stereocenters. The van der Waals surface area contributed by atoms with Crippen LogP contribution in [-0.2, 0) is 63.6 Å². The van der Waals surface area contributed by atoms with E-state index in [1.54, 1.807) is 33.3 Å². The molecule has 0 radical (unpaired) electrons. The van der Waals surface area contributed by atoms with E-state index >= 15 is 4.79 Å². The van der Waals surface area contributed by atoms with Gasteiger partial charge in [0.2, 0.25) is 5.79 Å². The zero-order valence-electron chi connectivity index (χ0n) is 42.9. The van der Waals surface area contributed by atoms with Gasteiger partial charge < -0.3 is 52.5 Å². The molecule has 2 spiro atoms. The molecule has 1 aliphatic carbocycles. The van der Waals surface area contributed by atoms with Crippen LogP contribution < -0.4 is 0 Å². The third kappa shape index (κ3) is 12.9. The fourth-order valence-electron chi connectivity index (χ4n) is 12.1. The van der Waals surface area contributed by atoms with Crippen LogP contribution in [-0.4, -0.2) is 105 Å². The zero-order chi connectivity index (χ0) is 50.1. The zero-order valence-corrected chi connectivity index (χ0v) is 42.9. The molecule has 4 saturated heterocycles. The molecule has 6 aliphatic rings. The molecule has 13 nitrogen and oxygen atoms in total. The second kappa shape index (κ2) is 24.3. The second-order valence-electron chi connectivity index (χ2n) is 21.6. The molecule has 4 fully saturated rings. The summed E-state index contributed by atoms with van der Waals surface area (Å²) >= 11 is 0. The Morgan fingerprint density at radius 1 is 0.789 bits per heavy atom. The minimum atomic E-state index is -1.25. The summed E-state index contributed by atoms with van der Waals surface area (Å²) < 4.78 is 64.3. The third-order valence-electron chi connectivity index (χ3n) is 16.3. The van der Waals surface area contributed by atoms with Crippen molar-refractivity contribution in [2.24, 2.45) is 23.2 Å². The smallest absolute Gasteiger partial charge is 0.200 e. The van der Waals surface area contributed by atoms with Crippen LogP contribution in [0.15, 0.2) is 96.6 Å². The lowest BCUT2D eigenvalue weighted by molar-refractivity contribution is -0.400. The predicted molar refractivity (Wildman–Crippen MR) is 266 cm³/mol. The lowest BCUT2D eigenvalue weighted by Gasteiger charge is -2.51. The number of methoxy groups -OCH3 is 2. The van der Waals surface area contributed by atoms with Gasteiger partial charge in [0, 0.05) is 69.8 Å². The fourth-order valence-corrected chi connectivity index (χ4v) is 12.1. The van der Waals surface area contributed by atoms with Gasteiger partial charge in [0.05, 0.1) is 31.5 Å². The van der Waals surface area contributed by atoms with Crippen LogP contribution in [0.25, 0.3) is 0 Å². The van der Waals surface area contributed by atoms with Crippen molar-refractivity contribution in [2.45, 2.75) is 178 Å². The van der Waals surface area contributed by atoms with Gasteiger partial charge in [0.15, 0.2) is 17.9 Å². The Labute approximate surface area is 421 Å². The summed E-state index contributed by atoms with van der Waals surface area (Å²) in [4.78, 5) is 30.0. The number of benzene rings is 2. The van der Waals surface area contributed by atoms with Crippen molar-refractivity contribution < 1.29 is 62.1 Å². The first-order valence-corrected chi connectivity index (χ1v) is 26.3. The van der Waals surface area contributed by atoms with E-state index < -0.39 is 59.2 Å². The molecule has 390 valence electrons. The fraction of sp³-hybridized carbons (Fsp3) is 0.655. The first-order chi connectivity index (χ1) is 34.3. The van der Waals surface area contributed by atoms with E-state index in [0.29, 0.717) is 103 Å². The number of carbonyl (C=O) groups is 2. The highest BCUT2D eigenvalue weighted by molar-refractivity contribution is 5.90. The van der Waals surface area contributed by atoms with Crippen LogP contribution in [0.1, 0.15) is 135 Å². The van der Waals surface area contributed by atoms with Crippen molar-refractivity contribution in [1.29, 1.82) is 0 Å². The molecule has 5 aliphatic heterocycles. The van der Waals surface area contributed by atoms with Gasteiger partial charge >= 0.3 is 0 Å². The average Bonchev–Trinajstić information content (AvgIpc) is 3.71. The van der Waals surface area contributed by atoms with Crippen LogP contribution in [0.5, 0.6) is 0 Å². The molecule has 1 N–H and O–H groups in total. The van der Waals surface area contributed by atoms with Crippen LogP contribution in [0, 0.1) is 23.2 Å². The normalized spacial score (nSPS) is 36.4. The van der Waals surface area contributed by atoms with Gasteiger partial charge in [-0.05, 0) is 106 Å². The number of rotatable bonds is 15. The van der Waals surface area contributed by atoms with Crippen molar-refractivity contribution in [3.05, 3.63) is 108 Å². The van der Waals surface area contributed by atoms with Gasteiger partial charge in [-0.3, -0.25) is 9.59 Å². The minimum absolute atomic E-state index is 0.0633. The molecular weight excluding hydrogens is 905 g/mol. The number of ketones is 2. The average molecular weight is 985 g/mol. The molecule has 2 aromatic rings. The lowest BCUT2D eigenvalue weighted by Crippen LogP contribution is -2.60. The Morgan fingerprint density at radius 3 is 2.32 bits per heavy atom. The van der Waals surface area contributed by atoms with Crippen molar-refractivity contribution in [3.8, 4) is 0 Å². The molecular formula is C58H80O13. The Morgan fingerprint density at radius 2 is 1.55 bits per heavy atom. The van der Waals surface area contributed by atoms with E-state index in [1.807, 2.05) is 48.5 Å². The first-order valence-electron chi connectivity index (χ1n) is 26.3. The van der Waals surface area contributed by atoms with Gasteiger partial charge in [-0.2, -0.15) is 0 Å². The molecule has 0 amide bonds. The highest BCUT2D eigenvalue weighted by Gasteiger charge is 2.63. The number of hydrogen-bond donors (Lipinski definition) is 1. The van der Waals surface area contributed by atoms with E-state index in [9.17, 15) is 9.90 Å². The summed E-state index contributed by atoms with van der Waals surface area (Å²) in [5.74, 6) is -2.51. The molecule has 71 heavy (non-hydrogen) atoms. The van der Waals surface area contributed by atoms with Crippen LogP contribution >= 0.6 is 0 Å². The number of fused-ring (bicyclic) bond motifs is 6. The maximum Gasteiger partial charge on any atom is 0.200 e. The van der Waals surface area contributed by atoms with Crippen LogP contribution in [0.3, 0.4) is 0 Å². The van der Waals surface area contributed by atoms with Gasteiger partial charge in [-0.1, -0.05) is 92.7 Å². The summed E-state index contributed by atoms with van der Waals surface area (Å²) in [6.45, 7) is 12.2. The molecule has 0 saturated carbocycles. The monoisotopic (exact) mass is 985 g/mol. The molecule has 2 aromatic carbocycles. The topological polar surface area (TPSA) is 147 Å². The van der Waals surface area contributed by atoms with Crippen LogP contribution in [0.4, 0.5) is 0 Å². The highest BCUT2D eigenvalue weighted by Crippen LogP contribution is 2.55. The van der Waals surface area contributed by atoms with E-state index in [-0.39, 0.29) is 49.5 Å². The molecule has 13 heteroatoms. The second-order valence-corrected chi connectivity index (χ2v) is 21.6. The summed E-state index contributed by atoms with van der Waals surface area (Å²) in [5, 5.41) is 11.9. The summed E-state index contributed by atoms with van der Waals surface area (Å²) in [7, 11) is 3.18. The maximum absolute atomic E-state index is 15.8. The largest absolute Gasteiger partial charge is 0.385 e. The standard InChI is InChI=1S/C58H80O13/c1-40-15-13-21-51(60)56(34-41(2)42(3)35-64-36-43-16-9-7-10-17-43)28-24-44(37-65-38-62-5)32-49(56)52-53(66-39-63-6)50(67-54(68-52)45-18-11-8-12-19-45)23-22-46(59)33-47-20-14-26-57(69-47)29-30-58(71-57)55(4,61)27-25-48(31-40)70-58/h7-12,16-19,22-23,32,41-42,47-50,52-54,61H,1,13-15,20-21,24-31,33-39H2,2-6H3/b23-22+/t41-,42-,47+,48-,49+,50+,52-,53+,54+,55+,56+,57+,58+/m0/s1. The summed E-state index contributed by atoms with van der Waals surface area (Å²) in [5.41, 5.74) is 1.80. The van der Waals surface area contributed by atoms with Crippen molar-refractivity contribution in [2.75, 3.05) is 41.0 Å². The van der Waals surface area contributed by atoms with Crippen molar-refractivity contribution in [1.82, 2.24) is 0 Å². The SMILES string of the molecule is C=C1CCCC(=O)[C@@]2(C[C@H](C)[C@@H](C)COCc3ccccc3)CCC(COCOC)=C[C@@H]2[C@@H]2O[C@H](c3ccccc3)O[C@H](/C=C/C(=O)C[C@H]3CCC[C@@]4(CC[C@@]5(O[C@@H](CC[C@@]5(C)O)C1)O4)O3)[C@H]2OCOC. The highest BCUT2D eigenvalue weighted by atomic mass is 16.8. The van der Waals surface area contributed by atoms with Gasteiger partial charge in [0.25, 0.3) is 0 Å². The Balaban J connectivity index is 1.18. The maximum atomic E-state index is 15.8. The van der Waals surface area contributed by atoms with Crippen molar-refractivity contribution in [3.63, 3.8) is 0 Å². The number of carbonyl (C=O) groups excluding carboxylic acids is 2. The first kappa shape index (κ1) is 53.8. The number of ether oxygens (including phenoxy) is 10. The minimum Gasteiger partial charge on any atom is -0.385 e. The Bertz CT molecular complexity index is 2130. The predicted octanol–water partition coefficient (Wildman–Crippen LogP) is 10.2. The number of aliphatic hydroxyl groups is 1. The molecule has 0 aromatic heterocycles. The van der Waals surface area contributed by atoms with Gasteiger partial charge in [-0.15, -0.1) is 0 Å². The number of hydrogen-bond acceptors (Lipinski definition) is 13. The van der Waals surface area contributed by atoms with E-state index in [4.69, 9.17) is 47.4 Å². The number of allylic oxidation sites excluding steroid dienone is 1. The molecule has 13 atom stereocenters. The third-order valence-corrected chi connectivity index (χ3v) is 16.3. The molecule has 5 heterocycles. The molecule has 6 bridgehead atoms. The van der Waals surface area contributed by atoms with E-state index in [2.05, 4.69) is 38.6 Å². The quantitative estimate of drug-likeness (QED) is 0.103. The van der Waals surface area contributed by atoms with Crippen LogP contribution in [0.2, 0.25) is 0 Å². The number of Topliss-reactive ketones (excluding diaryl/α,β-unsaturated/α-hetero) is 1. The lowest BCUT2D eigenvalue weighted by atomic mass is 9.57. The summed E-state index contributed by atoms with van der Waals surface area (Å²) in [6, 6.07) is 19.9. The van der Waals surface area contributed by atoms with Crippen molar-refractivity contribution >= 4 is 11.6 Å². The van der Waals surface area contributed by atoms with Gasteiger partial charge in [-0.25, -0.2) is 0 Å². The Hall–Kier alpha value is -3.44. The molecule has 8 rings (SSSR count). The van der Waals surface area contributed by atoms with Gasteiger partial charge in [0.1, 0.15) is 37.2 Å². The summed E-state index contributed by atoms with van der Waals surface area (Å²) in [6.07, 6.45) is 10.2. The van der Waals surface area contributed by atoms with E-state index in [1.165, 1.54) is 0 Å². The Kier molecular flexibility index (Phi) is 18.4.